The Bertz CT molecular complexity index is 929. The molecule has 0 spiro atoms. The van der Waals surface area contributed by atoms with Gasteiger partial charge in [0.25, 0.3) is 0 Å². The first kappa shape index (κ1) is 18.8. The summed E-state index contributed by atoms with van der Waals surface area (Å²) < 4.78 is 24.2. The quantitative estimate of drug-likeness (QED) is 0.483. The lowest BCUT2D eigenvalue weighted by atomic mass is 10.1. The maximum atomic E-state index is 13.8. The third-order valence-electron chi connectivity index (χ3n) is 3.79. The molecule has 1 unspecified atom stereocenters. The fourth-order valence-corrected chi connectivity index (χ4v) is 2.54. The van der Waals surface area contributed by atoms with Crippen LogP contribution < -0.4 is 9.57 Å². The van der Waals surface area contributed by atoms with Crippen molar-refractivity contribution >= 4 is 17.0 Å². The highest BCUT2D eigenvalue weighted by atomic mass is 19.1. The van der Waals surface area contributed by atoms with Gasteiger partial charge in [0.05, 0.1) is 12.8 Å². The summed E-state index contributed by atoms with van der Waals surface area (Å²) in [7, 11) is 1.46. The Hall–Kier alpha value is -2.96. The zero-order chi connectivity index (χ0) is 19.1. The second-order valence-corrected chi connectivity index (χ2v) is 5.96. The van der Waals surface area contributed by atoms with Gasteiger partial charge in [-0.15, -0.1) is 0 Å². The van der Waals surface area contributed by atoms with Crippen LogP contribution in [0.2, 0.25) is 0 Å². The van der Waals surface area contributed by atoms with E-state index in [9.17, 15) is 9.50 Å². The van der Waals surface area contributed by atoms with Crippen molar-refractivity contribution in [3.63, 3.8) is 0 Å². The zero-order valence-electron chi connectivity index (χ0n) is 14.8. The SMILES string of the molecule is COCC(O)/C=N\Oc1cc(F)cc(OCc2ccc3ccccc3c2)c1. The molecule has 0 radical (unpaired) electrons. The molecule has 6 heteroatoms. The Kier molecular flexibility index (Phi) is 6.35. The predicted octanol–water partition coefficient (Wildman–Crippen LogP) is 3.93. The fraction of sp³-hybridized carbons (Fsp3) is 0.190. The molecule has 3 aromatic rings. The largest absolute Gasteiger partial charge is 0.489 e. The van der Waals surface area contributed by atoms with Crippen molar-refractivity contribution < 1.29 is 23.8 Å². The predicted molar refractivity (Wildman–Crippen MR) is 102 cm³/mol. The standard InChI is InChI=1S/C21H20FNO4/c1-25-14-19(24)12-23-27-21-10-18(22)9-20(11-21)26-13-15-6-7-16-4-2-3-5-17(16)8-15/h2-12,19,24H,13-14H2,1H3/b23-12-. The van der Waals surface area contributed by atoms with Crippen molar-refractivity contribution in [2.45, 2.75) is 12.7 Å². The van der Waals surface area contributed by atoms with Crippen LogP contribution in [-0.4, -0.2) is 31.1 Å². The van der Waals surface area contributed by atoms with E-state index in [1.807, 2.05) is 42.5 Å². The molecule has 0 fully saturated rings. The van der Waals surface area contributed by atoms with E-state index in [1.54, 1.807) is 0 Å². The average molecular weight is 369 g/mol. The van der Waals surface area contributed by atoms with E-state index in [0.29, 0.717) is 12.4 Å². The van der Waals surface area contributed by atoms with Gasteiger partial charge in [-0.05, 0) is 22.4 Å². The van der Waals surface area contributed by atoms with Gasteiger partial charge in [-0.2, -0.15) is 0 Å². The summed E-state index contributed by atoms with van der Waals surface area (Å²) in [5, 5.41) is 15.4. The second-order valence-electron chi connectivity index (χ2n) is 5.96. The number of methoxy groups -OCH3 is 1. The summed E-state index contributed by atoms with van der Waals surface area (Å²) in [6.07, 6.45) is 0.275. The summed E-state index contributed by atoms with van der Waals surface area (Å²) >= 11 is 0. The maximum absolute atomic E-state index is 13.8. The maximum Gasteiger partial charge on any atom is 0.164 e. The minimum absolute atomic E-state index is 0.0934. The highest BCUT2D eigenvalue weighted by Crippen LogP contribution is 2.24. The number of hydrogen-bond donors (Lipinski definition) is 1. The van der Waals surface area contributed by atoms with E-state index < -0.39 is 11.9 Å². The van der Waals surface area contributed by atoms with E-state index in [2.05, 4.69) is 5.16 Å². The van der Waals surface area contributed by atoms with Gasteiger partial charge in [0.1, 0.15) is 24.3 Å². The molecule has 0 saturated heterocycles. The summed E-state index contributed by atoms with van der Waals surface area (Å²) in [6, 6.07) is 18.1. The Morgan fingerprint density at radius 2 is 1.81 bits per heavy atom. The number of hydrogen-bond acceptors (Lipinski definition) is 5. The number of rotatable bonds is 8. The van der Waals surface area contributed by atoms with Crippen molar-refractivity contribution in [3.8, 4) is 11.5 Å². The molecule has 0 amide bonds. The first-order valence-corrected chi connectivity index (χ1v) is 8.42. The van der Waals surface area contributed by atoms with Crippen molar-refractivity contribution in [1.82, 2.24) is 0 Å². The molecule has 0 aliphatic heterocycles. The zero-order valence-corrected chi connectivity index (χ0v) is 14.8. The molecule has 1 atom stereocenters. The lowest BCUT2D eigenvalue weighted by molar-refractivity contribution is 0.105. The molecular weight excluding hydrogens is 349 g/mol. The Morgan fingerprint density at radius 3 is 2.63 bits per heavy atom. The number of ether oxygens (including phenoxy) is 2. The third kappa shape index (κ3) is 5.51. The number of benzene rings is 3. The Morgan fingerprint density at radius 1 is 1.04 bits per heavy atom. The molecule has 27 heavy (non-hydrogen) atoms. The molecule has 0 aliphatic carbocycles. The van der Waals surface area contributed by atoms with Crippen molar-refractivity contribution in [2.75, 3.05) is 13.7 Å². The van der Waals surface area contributed by atoms with Gasteiger partial charge >= 0.3 is 0 Å². The molecule has 3 aromatic carbocycles. The molecule has 1 N–H and O–H groups in total. The molecular formula is C21H20FNO4. The molecule has 0 saturated carbocycles. The summed E-state index contributed by atoms with van der Waals surface area (Å²) in [6.45, 7) is 0.389. The van der Waals surface area contributed by atoms with Crippen LogP contribution in [0, 0.1) is 5.82 Å². The van der Waals surface area contributed by atoms with Crippen molar-refractivity contribution in [2.24, 2.45) is 5.16 Å². The molecule has 0 aliphatic rings. The Balaban J connectivity index is 1.64. The average Bonchev–Trinajstić information content (AvgIpc) is 2.66. The van der Waals surface area contributed by atoms with Crippen LogP contribution in [0.25, 0.3) is 10.8 Å². The van der Waals surface area contributed by atoms with E-state index in [0.717, 1.165) is 16.3 Å². The number of fused-ring (bicyclic) bond motifs is 1. The molecule has 0 aromatic heterocycles. The van der Waals surface area contributed by atoms with Crippen LogP contribution in [0.1, 0.15) is 5.56 Å². The topological polar surface area (TPSA) is 60.3 Å². The summed E-state index contributed by atoms with van der Waals surface area (Å²) in [5.41, 5.74) is 0.973. The fourth-order valence-electron chi connectivity index (χ4n) is 2.54. The van der Waals surface area contributed by atoms with E-state index >= 15 is 0 Å². The first-order chi connectivity index (χ1) is 13.1. The third-order valence-corrected chi connectivity index (χ3v) is 3.79. The van der Waals surface area contributed by atoms with Gasteiger partial charge in [0, 0.05) is 25.3 Å². The van der Waals surface area contributed by atoms with Crippen LogP contribution in [0.4, 0.5) is 4.39 Å². The molecule has 0 bridgehead atoms. The summed E-state index contributed by atoms with van der Waals surface area (Å²) in [4.78, 5) is 5.09. The van der Waals surface area contributed by atoms with Crippen molar-refractivity contribution in [3.05, 3.63) is 72.0 Å². The second kappa shape index (κ2) is 9.12. The lowest BCUT2D eigenvalue weighted by Gasteiger charge is -2.09. The van der Waals surface area contributed by atoms with E-state index in [4.69, 9.17) is 14.3 Å². The highest BCUT2D eigenvalue weighted by Gasteiger charge is 2.05. The summed E-state index contributed by atoms with van der Waals surface area (Å²) in [5.74, 6) is -0.0103. The van der Waals surface area contributed by atoms with Gasteiger partial charge in [-0.3, -0.25) is 0 Å². The smallest absolute Gasteiger partial charge is 0.164 e. The number of oxime groups is 1. The lowest BCUT2D eigenvalue weighted by Crippen LogP contribution is -2.15. The number of aliphatic hydroxyl groups excluding tert-OH is 1. The van der Waals surface area contributed by atoms with Gasteiger partial charge in [0.15, 0.2) is 5.75 Å². The molecule has 5 nitrogen and oxygen atoms in total. The van der Waals surface area contributed by atoms with Crippen LogP contribution in [-0.2, 0) is 11.3 Å². The number of nitrogens with zero attached hydrogens (tertiary/aromatic N) is 1. The normalized spacial score (nSPS) is 12.4. The van der Waals surface area contributed by atoms with Gasteiger partial charge in [0.2, 0.25) is 0 Å². The van der Waals surface area contributed by atoms with Crippen molar-refractivity contribution in [1.29, 1.82) is 0 Å². The van der Waals surface area contributed by atoms with Crippen LogP contribution in [0.5, 0.6) is 11.5 Å². The van der Waals surface area contributed by atoms with E-state index in [1.165, 1.54) is 31.5 Å². The first-order valence-electron chi connectivity index (χ1n) is 8.42. The molecule has 3 rings (SSSR count). The monoisotopic (exact) mass is 369 g/mol. The van der Waals surface area contributed by atoms with E-state index in [-0.39, 0.29) is 12.4 Å². The highest BCUT2D eigenvalue weighted by molar-refractivity contribution is 5.82. The number of aliphatic hydroxyl groups is 1. The molecule has 0 heterocycles. The minimum Gasteiger partial charge on any atom is -0.489 e. The van der Waals surface area contributed by atoms with Gasteiger partial charge in [-0.1, -0.05) is 41.6 Å². The van der Waals surface area contributed by atoms with Crippen LogP contribution in [0.15, 0.2) is 65.8 Å². The number of halogens is 1. The van der Waals surface area contributed by atoms with Crippen LogP contribution in [0.3, 0.4) is 0 Å². The van der Waals surface area contributed by atoms with Gasteiger partial charge < -0.3 is 19.4 Å². The van der Waals surface area contributed by atoms with Gasteiger partial charge in [-0.25, -0.2) is 4.39 Å². The molecule has 140 valence electrons. The minimum atomic E-state index is -0.896. The Labute approximate surface area is 156 Å². The van der Waals surface area contributed by atoms with Crippen LogP contribution >= 0.6 is 0 Å².